The number of likely N-dealkylation sites (N-methyl/N-ethyl adjacent to an activating group) is 1. The quantitative estimate of drug-likeness (QED) is 0.593. The third-order valence-corrected chi connectivity index (χ3v) is 5.28. The fraction of sp³-hybridized carbons (Fsp3) is 0.231. The molecule has 0 bridgehead atoms. The summed E-state index contributed by atoms with van der Waals surface area (Å²) in [6, 6.07) is 27.5. The number of carbonyl (C=O) groups excluding carboxylic acids is 2. The fourth-order valence-corrected chi connectivity index (χ4v) is 3.58. The Hall–Kier alpha value is -3.44. The highest BCUT2D eigenvalue weighted by molar-refractivity contribution is 5.94. The number of hydrogen-bond acceptors (Lipinski definition) is 2. The van der Waals surface area contributed by atoms with Crippen LogP contribution >= 0.6 is 0 Å². The van der Waals surface area contributed by atoms with Gasteiger partial charge in [-0.05, 0) is 26.0 Å². The molecule has 0 heterocycles. The lowest BCUT2D eigenvalue weighted by Crippen LogP contribution is -2.92. The maximum Gasteiger partial charge on any atom is 0.280 e. The summed E-state index contributed by atoms with van der Waals surface area (Å²) in [6.45, 7) is 3.88. The van der Waals surface area contributed by atoms with Crippen LogP contribution in [0.1, 0.15) is 29.7 Å². The minimum atomic E-state index is -0.345. The summed E-state index contributed by atoms with van der Waals surface area (Å²) in [4.78, 5) is 26.9. The number of nitrogens with two attached hydrogens (primary N) is 1. The molecular weight excluding hydrogens is 386 g/mol. The molecule has 5 heteroatoms. The number of hydrogen-bond donors (Lipinski definition) is 2. The molecule has 1 atom stereocenters. The van der Waals surface area contributed by atoms with Crippen LogP contribution in [0.25, 0.3) is 0 Å². The molecule has 3 N–H and O–H groups in total. The third kappa shape index (κ3) is 6.27. The molecule has 31 heavy (non-hydrogen) atoms. The molecule has 0 aromatic heterocycles. The van der Waals surface area contributed by atoms with Gasteiger partial charge in [-0.1, -0.05) is 78.4 Å². The van der Waals surface area contributed by atoms with Crippen molar-refractivity contribution in [2.24, 2.45) is 0 Å². The predicted octanol–water partition coefficient (Wildman–Crippen LogP) is 3.13. The molecule has 0 aliphatic heterocycles. The van der Waals surface area contributed by atoms with Crippen LogP contribution < -0.4 is 10.6 Å². The number of benzene rings is 3. The van der Waals surface area contributed by atoms with Crippen molar-refractivity contribution < 1.29 is 14.9 Å². The number of nitrogens with one attached hydrogen (secondary N) is 1. The molecule has 0 saturated carbocycles. The van der Waals surface area contributed by atoms with Gasteiger partial charge in [-0.3, -0.25) is 9.59 Å². The van der Waals surface area contributed by atoms with Gasteiger partial charge in [-0.2, -0.15) is 0 Å². The molecule has 160 valence electrons. The first-order chi connectivity index (χ1) is 14.9. The van der Waals surface area contributed by atoms with Crippen molar-refractivity contribution in [3.05, 3.63) is 102 Å². The lowest BCUT2D eigenvalue weighted by Gasteiger charge is -2.24. The van der Waals surface area contributed by atoms with Crippen LogP contribution in [-0.2, 0) is 9.59 Å². The molecular formula is C26H30N3O2+. The Bertz CT molecular complexity index is 949. The van der Waals surface area contributed by atoms with Crippen LogP contribution in [0.15, 0.2) is 84.9 Å². The molecule has 0 spiro atoms. The van der Waals surface area contributed by atoms with E-state index in [9.17, 15) is 9.59 Å². The van der Waals surface area contributed by atoms with Crippen molar-refractivity contribution in [3.63, 3.8) is 0 Å². The average molecular weight is 417 g/mol. The average Bonchev–Trinajstić information content (AvgIpc) is 2.79. The van der Waals surface area contributed by atoms with Gasteiger partial charge in [-0.15, -0.1) is 0 Å². The number of quaternary nitrogens is 1. The Morgan fingerprint density at radius 3 is 1.90 bits per heavy atom. The van der Waals surface area contributed by atoms with Crippen LogP contribution in [0.5, 0.6) is 0 Å². The molecule has 0 unspecified atom stereocenters. The molecule has 3 rings (SSSR count). The topological polar surface area (TPSA) is 66.0 Å². The van der Waals surface area contributed by atoms with Gasteiger partial charge in [0.25, 0.3) is 5.91 Å². The largest absolute Gasteiger partial charge is 0.331 e. The lowest BCUT2D eigenvalue weighted by molar-refractivity contribution is -0.705. The van der Waals surface area contributed by atoms with Gasteiger partial charge in [0.15, 0.2) is 6.04 Å². The molecule has 0 aliphatic rings. The van der Waals surface area contributed by atoms with Crippen LogP contribution in [0.4, 0.5) is 5.69 Å². The second-order valence-electron chi connectivity index (χ2n) is 7.89. The highest BCUT2D eigenvalue weighted by Crippen LogP contribution is 2.18. The van der Waals surface area contributed by atoms with E-state index in [1.165, 1.54) is 4.90 Å². The summed E-state index contributed by atoms with van der Waals surface area (Å²) in [5.41, 5.74) is 4.12. The standard InChI is InChI=1S/C26H29N3O2/c1-19-14-16-23(17-15-19)28-24(30)18-29(3)26(31)20(2)27-25(21-10-6-4-7-11-21)22-12-8-5-9-13-22/h4-17,20,25,27H,18H2,1-3H3,(H,28,30)/p+1/t20-/m1/s1. The Labute approximate surface area is 184 Å². The fourth-order valence-electron chi connectivity index (χ4n) is 3.58. The van der Waals surface area contributed by atoms with E-state index in [4.69, 9.17) is 0 Å². The summed E-state index contributed by atoms with van der Waals surface area (Å²) in [7, 11) is 1.67. The first-order valence-electron chi connectivity index (χ1n) is 10.5. The zero-order valence-corrected chi connectivity index (χ0v) is 18.3. The number of carbonyl (C=O) groups is 2. The molecule has 2 amide bonds. The Balaban J connectivity index is 1.64. The minimum Gasteiger partial charge on any atom is -0.331 e. The summed E-state index contributed by atoms with van der Waals surface area (Å²) in [5.74, 6) is -0.300. The second-order valence-corrected chi connectivity index (χ2v) is 7.89. The lowest BCUT2D eigenvalue weighted by atomic mass is 9.98. The normalized spacial score (nSPS) is 11.7. The van der Waals surface area contributed by atoms with E-state index in [0.29, 0.717) is 0 Å². The number of rotatable bonds is 8. The van der Waals surface area contributed by atoms with Gasteiger partial charge in [0.2, 0.25) is 5.91 Å². The van der Waals surface area contributed by atoms with Gasteiger partial charge >= 0.3 is 0 Å². The number of amides is 2. The van der Waals surface area contributed by atoms with Gasteiger partial charge in [0.1, 0.15) is 6.04 Å². The SMILES string of the molecule is Cc1ccc(NC(=O)CN(C)C(=O)[C@@H](C)[NH2+]C(c2ccccc2)c2ccccc2)cc1. The van der Waals surface area contributed by atoms with E-state index < -0.39 is 0 Å². The zero-order chi connectivity index (χ0) is 22.2. The number of aryl methyl sites for hydroxylation is 1. The van der Waals surface area contributed by atoms with Crippen LogP contribution in [0.2, 0.25) is 0 Å². The number of anilines is 1. The van der Waals surface area contributed by atoms with Gasteiger partial charge in [-0.25, -0.2) is 0 Å². The van der Waals surface area contributed by atoms with E-state index in [-0.39, 0.29) is 30.4 Å². The summed E-state index contributed by atoms with van der Waals surface area (Å²) in [5, 5.41) is 4.90. The maximum atomic E-state index is 13.0. The number of nitrogens with zero attached hydrogens (tertiary/aromatic N) is 1. The maximum absolute atomic E-state index is 13.0. The first-order valence-corrected chi connectivity index (χ1v) is 10.5. The van der Waals surface area contributed by atoms with E-state index >= 15 is 0 Å². The molecule has 3 aromatic carbocycles. The molecule has 3 aromatic rings. The van der Waals surface area contributed by atoms with Crippen molar-refractivity contribution in [1.82, 2.24) is 4.90 Å². The smallest absolute Gasteiger partial charge is 0.280 e. The minimum absolute atomic E-state index is 0.00358. The highest BCUT2D eigenvalue weighted by Gasteiger charge is 2.27. The Morgan fingerprint density at radius 1 is 0.871 bits per heavy atom. The Kier molecular flexibility index (Phi) is 7.57. The van der Waals surface area contributed by atoms with E-state index in [2.05, 4.69) is 34.9 Å². The second kappa shape index (κ2) is 10.5. The third-order valence-electron chi connectivity index (χ3n) is 5.28. The van der Waals surface area contributed by atoms with Gasteiger partial charge in [0, 0.05) is 23.9 Å². The first kappa shape index (κ1) is 22.2. The molecule has 5 nitrogen and oxygen atoms in total. The monoisotopic (exact) mass is 416 g/mol. The van der Waals surface area contributed by atoms with E-state index in [1.807, 2.05) is 74.5 Å². The summed E-state index contributed by atoms with van der Waals surface area (Å²) < 4.78 is 0. The zero-order valence-electron chi connectivity index (χ0n) is 18.3. The van der Waals surface area contributed by atoms with E-state index in [0.717, 1.165) is 22.4 Å². The van der Waals surface area contributed by atoms with Crippen molar-refractivity contribution >= 4 is 17.5 Å². The summed E-state index contributed by atoms with van der Waals surface area (Å²) >= 11 is 0. The van der Waals surface area contributed by atoms with E-state index in [1.54, 1.807) is 7.05 Å². The molecule has 0 aliphatic carbocycles. The Morgan fingerprint density at radius 2 is 1.39 bits per heavy atom. The molecule has 0 saturated heterocycles. The van der Waals surface area contributed by atoms with Crippen LogP contribution in [0, 0.1) is 6.92 Å². The predicted molar refractivity (Wildman–Crippen MR) is 124 cm³/mol. The summed E-state index contributed by atoms with van der Waals surface area (Å²) in [6.07, 6.45) is 0. The highest BCUT2D eigenvalue weighted by atomic mass is 16.2. The van der Waals surface area contributed by atoms with Crippen LogP contribution in [0.3, 0.4) is 0 Å². The van der Waals surface area contributed by atoms with Gasteiger partial charge < -0.3 is 15.5 Å². The van der Waals surface area contributed by atoms with Gasteiger partial charge in [0.05, 0.1) is 6.54 Å². The van der Waals surface area contributed by atoms with Crippen molar-refractivity contribution in [3.8, 4) is 0 Å². The molecule has 0 fully saturated rings. The van der Waals surface area contributed by atoms with Crippen molar-refractivity contribution in [2.45, 2.75) is 25.9 Å². The molecule has 0 radical (unpaired) electrons. The van der Waals surface area contributed by atoms with Crippen molar-refractivity contribution in [2.75, 3.05) is 18.9 Å². The van der Waals surface area contributed by atoms with Crippen molar-refractivity contribution in [1.29, 1.82) is 0 Å². The van der Waals surface area contributed by atoms with Crippen LogP contribution in [-0.4, -0.2) is 36.3 Å².